The Morgan fingerprint density at radius 1 is 1.10 bits per heavy atom. The molecule has 21 heavy (non-hydrogen) atoms. The highest BCUT2D eigenvalue weighted by molar-refractivity contribution is 5.92. The maximum atomic E-state index is 11.8. The van der Waals surface area contributed by atoms with Gasteiger partial charge in [0, 0.05) is 18.8 Å². The van der Waals surface area contributed by atoms with E-state index < -0.39 is 0 Å². The molecule has 0 unspecified atom stereocenters. The van der Waals surface area contributed by atoms with Crippen molar-refractivity contribution >= 4 is 17.4 Å². The maximum absolute atomic E-state index is 11.8. The molecule has 0 radical (unpaired) electrons. The van der Waals surface area contributed by atoms with E-state index in [0.29, 0.717) is 18.1 Å². The van der Waals surface area contributed by atoms with Crippen LogP contribution in [0.2, 0.25) is 0 Å². The van der Waals surface area contributed by atoms with E-state index in [2.05, 4.69) is 20.8 Å². The summed E-state index contributed by atoms with van der Waals surface area (Å²) in [5.41, 5.74) is 1.24. The van der Waals surface area contributed by atoms with Gasteiger partial charge in [0.25, 0.3) is 5.91 Å². The van der Waals surface area contributed by atoms with Gasteiger partial charge in [-0.1, -0.05) is 18.2 Å². The predicted octanol–water partition coefficient (Wildman–Crippen LogP) is 1.51. The summed E-state index contributed by atoms with van der Waals surface area (Å²) in [6, 6.07) is 13.1. The third-order valence-electron chi connectivity index (χ3n) is 2.79. The summed E-state index contributed by atoms with van der Waals surface area (Å²) in [4.78, 5) is 13.8. The number of amides is 1. The maximum Gasteiger partial charge on any atom is 0.271 e. The number of likely N-dealkylation sites (N-methyl/N-ethyl adjacent to an activating group) is 1. The fourth-order valence-corrected chi connectivity index (χ4v) is 1.67. The highest BCUT2D eigenvalue weighted by Gasteiger charge is 2.07. The molecule has 6 nitrogen and oxygen atoms in total. The summed E-state index contributed by atoms with van der Waals surface area (Å²) >= 11 is 0. The van der Waals surface area contributed by atoms with Crippen LogP contribution < -0.4 is 10.6 Å². The smallest absolute Gasteiger partial charge is 0.271 e. The summed E-state index contributed by atoms with van der Waals surface area (Å²) in [6.45, 7) is 1.37. The zero-order chi connectivity index (χ0) is 15.1. The van der Waals surface area contributed by atoms with Crippen LogP contribution in [0.5, 0.6) is 0 Å². The van der Waals surface area contributed by atoms with Gasteiger partial charge in [-0.15, -0.1) is 10.2 Å². The van der Waals surface area contributed by atoms with E-state index in [1.165, 1.54) is 0 Å². The molecule has 0 aliphatic carbocycles. The zero-order valence-electron chi connectivity index (χ0n) is 12.2. The highest BCUT2D eigenvalue weighted by atomic mass is 16.1. The monoisotopic (exact) mass is 285 g/mol. The Morgan fingerprint density at radius 2 is 1.86 bits per heavy atom. The topological polar surface area (TPSA) is 70.2 Å². The first-order chi connectivity index (χ1) is 10.1. The number of carbonyl (C=O) groups is 1. The van der Waals surface area contributed by atoms with Crippen molar-refractivity contribution in [1.82, 2.24) is 20.4 Å². The molecule has 2 N–H and O–H groups in total. The van der Waals surface area contributed by atoms with Crippen LogP contribution in [0.25, 0.3) is 0 Å². The minimum Gasteiger partial charge on any atom is -0.349 e. The molecular weight excluding hydrogens is 266 g/mol. The van der Waals surface area contributed by atoms with Gasteiger partial charge in [-0.2, -0.15) is 0 Å². The largest absolute Gasteiger partial charge is 0.349 e. The van der Waals surface area contributed by atoms with Crippen molar-refractivity contribution in [2.75, 3.05) is 32.5 Å². The summed E-state index contributed by atoms with van der Waals surface area (Å²) in [5, 5.41) is 13.9. The molecule has 0 saturated heterocycles. The van der Waals surface area contributed by atoms with Crippen molar-refractivity contribution in [2.24, 2.45) is 0 Å². The average Bonchev–Trinajstić information content (AvgIpc) is 2.48. The Kier molecular flexibility index (Phi) is 5.22. The molecule has 2 aromatic rings. The molecule has 0 spiro atoms. The minimum atomic E-state index is -0.212. The lowest BCUT2D eigenvalue weighted by atomic mass is 10.3. The Hall–Kier alpha value is -2.47. The number of nitrogens with zero attached hydrogens (tertiary/aromatic N) is 3. The fraction of sp³-hybridized carbons (Fsp3) is 0.267. The third-order valence-corrected chi connectivity index (χ3v) is 2.79. The van der Waals surface area contributed by atoms with Gasteiger partial charge in [0.15, 0.2) is 11.5 Å². The van der Waals surface area contributed by atoms with E-state index in [9.17, 15) is 4.79 Å². The predicted molar refractivity (Wildman–Crippen MR) is 82.6 cm³/mol. The quantitative estimate of drug-likeness (QED) is 0.842. The van der Waals surface area contributed by atoms with Gasteiger partial charge in [0.2, 0.25) is 0 Å². The highest BCUT2D eigenvalue weighted by Crippen LogP contribution is 2.12. The van der Waals surface area contributed by atoms with Crippen molar-refractivity contribution in [2.45, 2.75) is 0 Å². The number of carbonyl (C=O) groups excluding carboxylic acids is 1. The van der Waals surface area contributed by atoms with Crippen LogP contribution in [0.1, 0.15) is 10.5 Å². The summed E-state index contributed by atoms with van der Waals surface area (Å²) < 4.78 is 0. The lowest BCUT2D eigenvalue weighted by molar-refractivity contribution is 0.0945. The SMILES string of the molecule is CN(C)CCNC(=O)c1ccc(Nc2ccccc2)nn1. The normalized spacial score (nSPS) is 10.4. The second-order valence-electron chi connectivity index (χ2n) is 4.85. The Morgan fingerprint density at radius 3 is 2.48 bits per heavy atom. The number of nitrogens with one attached hydrogen (secondary N) is 2. The molecule has 6 heteroatoms. The van der Waals surface area contributed by atoms with Gasteiger partial charge in [0.1, 0.15) is 0 Å². The van der Waals surface area contributed by atoms with Crippen LogP contribution in [0.15, 0.2) is 42.5 Å². The Labute approximate surface area is 124 Å². The van der Waals surface area contributed by atoms with Gasteiger partial charge < -0.3 is 15.5 Å². The van der Waals surface area contributed by atoms with Crippen LogP contribution in [0.4, 0.5) is 11.5 Å². The van der Waals surface area contributed by atoms with Crippen molar-refractivity contribution in [1.29, 1.82) is 0 Å². The number of aromatic nitrogens is 2. The lowest BCUT2D eigenvalue weighted by Crippen LogP contribution is -2.31. The summed E-state index contributed by atoms with van der Waals surface area (Å²) in [7, 11) is 3.91. The molecule has 0 bridgehead atoms. The molecule has 1 heterocycles. The first-order valence-electron chi connectivity index (χ1n) is 6.74. The number of hydrogen-bond acceptors (Lipinski definition) is 5. The summed E-state index contributed by atoms with van der Waals surface area (Å²) in [6.07, 6.45) is 0. The first kappa shape index (κ1) is 14.9. The van der Waals surface area contributed by atoms with E-state index >= 15 is 0 Å². The molecule has 0 saturated carbocycles. The Bertz CT molecular complexity index is 568. The number of hydrogen-bond donors (Lipinski definition) is 2. The van der Waals surface area contributed by atoms with E-state index in [1.807, 2.05) is 49.3 Å². The molecule has 0 aliphatic rings. The van der Waals surface area contributed by atoms with E-state index in [1.54, 1.807) is 12.1 Å². The van der Waals surface area contributed by atoms with E-state index in [-0.39, 0.29) is 5.91 Å². The van der Waals surface area contributed by atoms with E-state index in [4.69, 9.17) is 0 Å². The fourth-order valence-electron chi connectivity index (χ4n) is 1.67. The molecule has 2 rings (SSSR count). The second kappa shape index (κ2) is 7.35. The molecule has 1 aromatic heterocycles. The summed E-state index contributed by atoms with van der Waals surface area (Å²) in [5.74, 6) is 0.390. The standard InChI is InChI=1S/C15H19N5O/c1-20(2)11-10-16-15(21)13-8-9-14(19-18-13)17-12-6-4-3-5-7-12/h3-9H,10-11H2,1-2H3,(H,16,21)(H,17,19). The minimum absolute atomic E-state index is 0.212. The average molecular weight is 285 g/mol. The van der Waals surface area contributed by atoms with Gasteiger partial charge >= 0.3 is 0 Å². The molecule has 0 aliphatic heterocycles. The number of para-hydroxylation sites is 1. The van der Waals surface area contributed by atoms with Crippen molar-refractivity contribution in [3.63, 3.8) is 0 Å². The Balaban J connectivity index is 1.91. The van der Waals surface area contributed by atoms with Gasteiger partial charge in [-0.25, -0.2) is 0 Å². The van der Waals surface area contributed by atoms with Crippen LogP contribution in [-0.2, 0) is 0 Å². The first-order valence-corrected chi connectivity index (χ1v) is 6.74. The van der Waals surface area contributed by atoms with Crippen LogP contribution in [0, 0.1) is 0 Å². The molecular formula is C15H19N5O. The lowest BCUT2D eigenvalue weighted by Gasteiger charge is -2.10. The number of rotatable bonds is 6. The van der Waals surface area contributed by atoms with Gasteiger partial charge in [-0.05, 0) is 38.4 Å². The van der Waals surface area contributed by atoms with Gasteiger partial charge in [-0.3, -0.25) is 4.79 Å². The van der Waals surface area contributed by atoms with Crippen molar-refractivity contribution in [3.8, 4) is 0 Å². The molecule has 0 atom stereocenters. The molecule has 110 valence electrons. The van der Waals surface area contributed by atoms with Crippen LogP contribution in [0.3, 0.4) is 0 Å². The number of benzene rings is 1. The van der Waals surface area contributed by atoms with Crippen LogP contribution in [-0.4, -0.2) is 48.2 Å². The molecule has 0 fully saturated rings. The molecule has 1 amide bonds. The van der Waals surface area contributed by atoms with Gasteiger partial charge in [0.05, 0.1) is 0 Å². The number of anilines is 2. The molecule has 1 aromatic carbocycles. The van der Waals surface area contributed by atoms with Crippen LogP contribution >= 0.6 is 0 Å². The zero-order valence-corrected chi connectivity index (χ0v) is 12.2. The van der Waals surface area contributed by atoms with E-state index in [0.717, 1.165) is 12.2 Å². The van der Waals surface area contributed by atoms with Crippen molar-refractivity contribution in [3.05, 3.63) is 48.2 Å². The third kappa shape index (κ3) is 4.85. The second-order valence-corrected chi connectivity index (χ2v) is 4.85. The van der Waals surface area contributed by atoms with Crippen molar-refractivity contribution < 1.29 is 4.79 Å².